The molecule has 0 saturated heterocycles. The van der Waals surface area contributed by atoms with Crippen LogP contribution in [0.3, 0.4) is 0 Å². The van der Waals surface area contributed by atoms with Gasteiger partial charge in [-0.15, -0.1) is 0 Å². The van der Waals surface area contributed by atoms with Crippen LogP contribution in [-0.4, -0.2) is 32.9 Å². The number of rotatable bonds is 5. The zero-order chi connectivity index (χ0) is 13.0. The molecule has 0 aliphatic carbocycles. The van der Waals surface area contributed by atoms with Crippen molar-refractivity contribution in [3.8, 4) is 11.5 Å². The van der Waals surface area contributed by atoms with E-state index < -0.39 is 6.10 Å². The Hall–Kier alpha value is -0.780. The number of nitrogens with one attached hydrogen (secondary N) is 1. The molecule has 0 aliphatic rings. The first-order chi connectivity index (χ1) is 8.06. The number of aliphatic hydroxyl groups excluding tert-OH is 1. The molecule has 5 heteroatoms. The highest BCUT2D eigenvalue weighted by molar-refractivity contribution is 9.10. The van der Waals surface area contributed by atoms with Crippen molar-refractivity contribution in [1.29, 1.82) is 0 Å². The van der Waals surface area contributed by atoms with Crippen molar-refractivity contribution >= 4 is 15.9 Å². The number of benzene rings is 1. The van der Waals surface area contributed by atoms with Gasteiger partial charge >= 0.3 is 0 Å². The van der Waals surface area contributed by atoms with Crippen molar-refractivity contribution in [3.05, 3.63) is 21.7 Å². The van der Waals surface area contributed by atoms with Gasteiger partial charge in [-0.25, -0.2) is 0 Å². The highest BCUT2D eigenvalue weighted by Gasteiger charge is 2.19. The van der Waals surface area contributed by atoms with Crippen LogP contribution in [-0.2, 0) is 0 Å². The summed E-state index contributed by atoms with van der Waals surface area (Å²) in [5.74, 6) is 1.25. The predicted octanol–water partition coefficient (Wildman–Crippen LogP) is 2.03. The molecule has 17 heavy (non-hydrogen) atoms. The molecule has 1 aromatic carbocycles. The second-order valence-electron chi connectivity index (χ2n) is 3.71. The Bertz CT molecular complexity index is 396. The Balaban J connectivity index is 3.28. The van der Waals surface area contributed by atoms with Crippen LogP contribution >= 0.6 is 15.9 Å². The number of halogens is 1. The van der Waals surface area contributed by atoms with Crippen LogP contribution in [0.5, 0.6) is 11.5 Å². The first-order valence-corrected chi connectivity index (χ1v) is 6.09. The molecule has 1 rings (SSSR count). The molecule has 0 spiro atoms. The molecule has 1 aromatic rings. The highest BCUT2D eigenvalue weighted by Crippen LogP contribution is 2.40. The topological polar surface area (TPSA) is 50.7 Å². The van der Waals surface area contributed by atoms with E-state index >= 15 is 0 Å². The van der Waals surface area contributed by atoms with E-state index in [1.165, 1.54) is 0 Å². The lowest BCUT2D eigenvalue weighted by molar-refractivity contribution is 0.176. The molecule has 0 heterocycles. The van der Waals surface area contributed by atoms with Crippen LogP contribution in [0.1, 0.15) is 17.2 Å². The summed E-state index contributed by atoms with van der Waals surface area (Å²) in [7, 11) is 4.97. The van der Waals surface area contributed by atoms with Gasteiger partial charge in [-0.1, -0.05) is 0 Å². The summed E-state index contributed by atoms with van der Waals surface area (Å²) in [6.07, 6.45) is -0.573. The van der Waals surface area contributed by atoms with E-state index in [1.54, 1.807) is 27.3 Å². The highest BCUT2D eigenvalue weighted by atomic mass is 79.9. The molecule has 0 amide bonds. The number of methoxy groups -OCH3 is 2. The van der Waals surface area contributed by atoms with Gasteiger partial charge in [0.15, 0.2) is 11.5 Å². The molecule has 4 nitrogen and oxygen atoms in total. The Morgan fingerprint density at radius 2 is 2.06 bits per heavy atom. The minimum absolute atomic E-state index is 0.489. The Labute approximate surface area is 110 Å². The second-order valence-corrected chi connectivity index (χ2v) is 4.51. The molecule has 0 aromatic heterocycles. The Morgan fingerprint density at radius 3 is 2.53 bits per heavy atom. The Morgan fingerprint density at radius 1 is 1.41 bits per heavy atom. The van der Waals surface area contributed by atoms with Gasteiger partial charge in [-0.2, -0.15) is 0 Å². The average Bonchev–Trinajstić information content (AvgIpc) is 2.32. The molecule has 0 radical (unpaired) electrons. The van der Waals surface area contributed by atoms with E-state index in [0.717, 1.165) is 15.6 Å². The van der Waals surface area contributed by atoms with Crippen LogP contribution in [0.4, 0.5) is 0 Å². The van der Waals surface area contributed by atoms with Crippen LogP contribution in [0.25, 0.3) is 0 Å². The summed E-state index contributed by atoms with van der Waals surface area (Å²) in [5.41, 5.74) is 1.77. The molecule has 0 aliphatic heterocycles. The van der Waals surface area contributed by atoms with Crippen LogP contribution in [0.15, 0.2) is 10.5 Å². The quantitative estimate of drug-likeness (QED) is 0.874. The van der Waals surface area contributed by atoms with Crippen molar-refractivity contribution in [1.82, 2.24) is 5.32 Å². The molecule has 96 valence electrons. The summed E-state index contributed by atoms with van der Waals surface area (Å²) in [6, 6.07) is 1.81. The number of hydrogen-bond donors (Lipinski definition) is 2. The predicted molar refractivity (Wildman–Crippen MR) is 70.9 cm³/mol. The molecule has 1 unspecified atom stereocenters. The van der Waals surface area contributed by atoms with Gasteiger partial charge in [0, 0.05) is 6.54 Å². The summed E-state index contributed by atoms with van der Waals surface area (Å²) in [5, 5.41) is 13.0. The largest absolute Gasteiger partial charge is 0.493 e. The van der Waals surface area contributed by atoms with Crippen molar-refractivity contribution in [3.63, 3.8) is 0 Å². The van der Waals surface area contributed by atoms with Crippen LogP contribution in [0.2, 0.25) is 0 Å². The average molecular weight is 304 g/mol. The van der Waals surface area contributed by atoms with E-state index in [4.69, 9.17) is 9.47 Å². The molecular formula is C12H18BrNO3. The van der Waals surface area contributed by atoms with E-state index in [1.807, 2.05) is 6.92 Å². The summed E-state index contributed by atoms with van der Waals surface area (Å²) < 4.78 is 11.3. The monoisotopic (exact) mass is 303 g/mol. The number of ether oxygens (including phenoxy) is 2. The van der Waals surface area contributed by atoms with E-state index in [2.05, 4.69) is 21.2 Å². The van der Waals surface area contributed by atoms with Gasteiger partial charge in [-0.05, 0) is 47.1 Å². The van der Waals surface area contributed by atoms with Crippen LogP contribution in [0, 0.1) is 6.92 Å². The second kappa shape index (κ2) is 6.23. The lowest BCUT2D eigenvalue weighted by Crippen LogP contribution is -2.17. The van der Waals surface area contributed by atoms with Gasteiger partial charge < -0.3 is 19.9 Å². The minimum atomic E-state index is -0.573. The van der Waals surface area contributed by atoms with Crippen LogP contribution < -0.4 is 14.8 Å². The fourth-order valence-electron chi connectivity index (χ4n) is 1.71. The third-order valence-corrected chi connectivity index (χ3v) is 3.61. The van der Waals surface area contributed by atoms with Crippen molar-refractivity contribution in [2.24, 2.45) is 0 Å². The number of likely N-dealkylation sites (N-methyl/N-ethyl adjacent to an activating group) is 1. The smallest absolute Gasteiger partial charge is 0.175 e. The molecule has 0 bridgehead atoms. The molecule has 1 atom stereocenters. The molecule has 0 saturated carbocycles. The molecule has 0 fully saturated rings. The van der Waals surface area contributed by atoms with Gasteiger partial charge in [0.1, 0.15) is 0 Å². The lowest BCUT2D eigenvalue weighted by atomic mass is 10.0. The summed E-state index contributed by atoms with van der Waals surface area (Å²) in [4.78, 5) is 0. The first kappa shape index (κ1) is 14.3. The first-order valence-electron chi connectivity index (χ1n) is 5.30. The summed E-state index contributed by atoms with van der Waals surface area (Å²) in [6.45, 7) is 2.42. The third-order valence-electron chi connectivity index (χ3n) is 2.65. The van der Waals surface area contributed by atoms with Gasteiger partial charge in [-0.3, -0.25) is 0 Å². The van der Waals surface area contributed by atoms with Crippen molar-refractivity contribution in [2.75, 3.05) is 27.8 Å². The summed E-state index contributed by atoms with van der Waals surface area (Å²) >= 11 is 3.47. The maximum absolute atomic E-state index is 10.0. The Kier molecular flexibility index (Phi) is 5.24. The normalized spacial score (nSPS) is 12.4. The zero-order valence-electron chi connectivity index (χ0n) is 10.5. The standard InChI is InChI=1S/C12H18BrNO3/c1-7-8(9(15)6-14-2)5-10(16-3)12(17-4)11(7)13/h5,9,14-15H,6H2,1-4H3. The van der Waals surface area contributed by atoms with E-state index in [9.17, 15) is 5.11 Å². The van der Waals surface area contributed by atoms with E-state index in [-0.39, 0.29) is 0 Å². The fraction of sp³-hybridized carbons (Fsp3) is 0.500. The molecule has 2 N–H and O–H groups in total. The van der Waals surface area contributed by atoms with Gasteiger partial charge in [0.2, 0.25) is 0 Å². The third kappa shape index (κ3) is 2.91. The van der Waals surface area contributed by atoms with Crippen molar-refractivity contribution < 1.29 is 14.6 Å². The molecular weight excluding hydrogens is 286 g/mol. The zero-order valence-corrected chi connectivity index (χ0v) is 12.1. The van der Waals surface area contributed by atoms with Gasteiger partial charge in [0.05, 0.1) is 24.8 Å². The van der Waals surface area contributed by atoms with E-state index in [0.29, 0.717) is 18.0 Å². The number of hydrogen-bond acceptors (Lipinski definition) is 4. The lowest BCUT2D eigenvalue weighted by Gasteiger charge is -2.18. The number of aliphatic hydroxyl groups is 1. The minimum Gasteiger partial charge on any atom is -0.493 e. The van der Waals surface area contributed by atoms with Gasteiger partial charge in [0.25, 0.3) is 0 Å². The fourth-order valence-corrected chi connectivity index (χ4v) is 2.30. The van der Waals surface area contributed by atoms with Crippen molar-refractivity contribution in [2.45, 2.75) is 13.0 Å². The maximum Gasteiger partial charge on any atom is 0.175 e. The maximum atomic E-state index is 10.0. The SMILES string of the molecule is CNCC(O)c1cc(OC)c(OC)c(Br)c1C.